The predicted molar refractivity (Wildman–Crippen MR) is 142 cm³/mol. The van der Waals surface area contributed by atoms with Crippen LogP contribution in [0.15, 0.2) is 85.1 Å². The van der Waals surface area contributed by atoms with Crippen LogP contribution in [0.25, 0.3) is 11.1 Å². The molecule has 0 radical (unpaired) electrons. The molecule has 0 unspecified atom stereocenters. The molecule has 1 aliphatic heterocycles. The first-order valence-electron chi connectivity index (χ1n) is 11.9. The number of methoxy groups -OCH3 is 1. The molecule has 0 aliphatic carbocycles. The molecule has 2 heterocycles. The van der Waals surface area contributed by atoms with Crippen molar-refractivity contribution in [3.8, 4) is 16.9 Å². The monoisotopic (exact) mass is 477 g/mol. The topological polar surface area (TPSA) is 71.5 Å². The molecule has 0 saturated carbocycles. The Labute approximate surface area is 210 Å². The van der Waals surface area contributed by atoms with Crippen molar-refractivity contribution in [1.29, 1.82) is 0 Å². The molecule has 0 saturated heterocycles. The fourth-order valence-corrected chi connectivity index (χ4v) is 4.64. The molecule has 36 heavy (non-hydrogen) atoms. The van der Waals surface area contributed by atoms with Gasteiger partial charge in [-0.15, -0.1) is 0 Å². The Morgan fingerprint density at radius 1 is 1.00 bits per heavy atom. The Kier molecular flexibility index (Phi) is 6.50. The van der Waals surface area contributed by atoms with Crippen molar-refractivity contribution in [2.45, 2.75) is 19.8 Å². The molecule has 0 atom stereocenters. The molecular formula is C30H27N3O3. The fourth-order valence-electron chi connectivity index (χ4n) is 4.64. The predicted octanol–water partition coefficient (Wildman–Crippen LogP) is 5.45. The van der Waals surface area contributed by atoms with E-state index in [4.69, 9.17) is 4.74 Å². The number of aryl methyl sites for hydroxylation is 1. The van der Waals surface area contributed by atoms with E-state index in [2.05, 4.69) is 10.3 Å². The van der Waals surface area contributed by atoms with Crippen LogP contribution < -0.4 is 15.0 Å². The van der Waals surface area contributed by atoms with Crippen LogP contribution in [0.2, 0.25) is 0 Å². The lowest BCUT2D eigenvalue weighted by Crippen LogP contribution is -2.30. The number of amides is 2. The summed E-state index contributed by atoms with van der Waals surface area (Å²) in [5.41, 5.74) is 6.67. The van der Waals surface area contributed by atoms with Gasteiger partial charge in [0.1, 0.15) is 5.75 Å². The lowest BCUT2D eigenvalue weighted by molar-refractivity contribution is -0.117. The van der Waals surface area contributed by atoms with Crippen LogP contribution in [0, 0.1) is 6.92 Å². The second kappa shape index (κ2) is 10.0. The first-order chi connectivity index (χ1) is 17.5. The van der Waals surface area contributed by atoms with E-state index in [9.17, 15) is 9.59 Å². The van der Waals surface area contributed by atoms with Gasteiger partial charge < -0.3 is 15.0 Å². The number of anilines is 2. The highest BCUT2D eigenvalue weighted by Gasteiger charge is 2.25. The van der Waals surface area contributed by atoms with Crippen molar-refractivity contribution >= 4 is 23.2 Å². The zero-order valence-corrected chi connectivity index (χ0v) is 20.3. The second-order valence-corrected chi connectivity index (χ2v) is 8.82. The highest BCUT2D eigenvalue weighted by atomic mass is 16.5. The van der Waals surface area contributed by atoms with Crippen molar-refractivity contribution in [1.82, 2.24) is 4.98 Å². The second-order valence-electron chi connectivity index (χ2n) is 8.82. The van der Waals surface area contributed by atoms with Crippen LogP contribution in [0.4, 0.5) is 11.4 Å². The molecule has 1 N–H and O–H groups in total. The van der Waals surface area contributed by atoms with E-state index >= 15 is 0 Å². The highest BCUT2D eigenvalue weighted by molar-refractivity contribution is 6.09. The molecular weight excluding hydrogens is 450 g/mol. The van der Waals surface area contributed by atoms with Crippen molar-refractivity contribution in [3.05, 3.63) is 107 Å². The van der Waals surface area contributed by atoms with Gasteiger partial charge in [-0.05, 0) is 78.1 Å². The molecule has 4 aromatic rings. The van der Waals surface area contributed by atoms with E-state index < -0.39 is 0 Å². The van der Waals surface area contributed by atoms with Crippen LogP contribution in [-0.4, -0.2) is 30.5 Å². The number of nitrogens with one attached hydrogen (secondary N) is 1. The van der Waals surface area contributed by atoms with E-state index in [0.717, 1.165) is 40.1 Å². The largest absolute Gasteiger partial charge is 0.496 e. The number of benzene rings is 3. The lowest BCUT2D eigenvalue weighted by Gasteiger charge is -2.18. The van der Waals surface area contributed by atoms with Gasteiger partial charge in [0.05, 0.1) is 19.1 Å². The number of aromatic nitrogens is 1. The number of fused-ring (bicyclic) bond motifs is 1. The number of carbonyl (C=O) groups is 2. The van der Waals surface area contributed by atoms with Crippen LogP contribution in [0.5, 0.6) is 5.75 Å². The molecule has 6 heteroatoms. The molecule has 1 aliphatic rings. The summed E-state index contributed by atoms with van der Waals surface area (Å²) in [6.45, 7) is 2.58. The average Bonchev–Trinajstić information content (AvgIpc) is 3.33. The normalized spacial score (nSPS) is 12.2. The van der Waals surface area contributed by atoms with Gasteiger partial charge in [0.15, 0.2) is 0 Å². The minimum absolute atomic E-state index is 0.0171. The first-order valence-corrected chi connectivity index (χ1v) is 11.9. The molecule has 3 aromatic carbocycles. The number of rotatable bonds is 6. The minimum Gasteiger partial charge on any atom is -0.496 e. The average molecular weight is 478 g/mol. The third-order valence-corrected chi connectivity index (χ3v) is 6.46. The van der Waals surface area contributed by atoms with Gasteiger partial charge in [0, 0.05) is 29.8 Å². The van der Waals surface area contributed by atoms with Crippen molar-refractivity contribution in [2.24, 2.45) is 0 Å². The molecule has 1 aromatic heterocycles. The van der Waals surface area contributed by atoms with Crippen molar-refractivity contribution in [3.63, 3.8) is 0 Å². The number of pyridine rings is 1. The van der Waals surface area contributed by atoms with Gasteiger partial charge >= 0.3 is 0 Å². The summed E-state index contributed by atoms with van der Waals surface area (Å²) in [4.78, 5) is 32.4. The maximum absolute atomic E-state index is 13.4. The minimum atomic E-state index is -0.215. The summed E-state index contributed by atoms with van der Waals surface area (Å²) in [5, 5.41) is 3.04. The van der Waals surface area contributed by atoms with Gasteiger partial charge in [-0.2, -0.15) is 0 Å². The molecule has 2 amide bonds. The van der Waals surface area contributed by atoms with Gasteiger partial charge in [-0.25, -0.2) is 0 Å². The summed E-state index contributed by atoms with van der Waals surface area (Å²) >= 11 is 0. The van der Waals surface area contributed by atoms with Crippen LogP contribution >= 0.6 is 0 Å². The van der Waals surface area contributed by atoms with Gasteiger partial charge in [0.2, 0.25) is 5.91 Å². The Hall–Kier alpha value is -4.45. The third-order valence-electron chi connectivity index (χ3n) is 6.46. The quantitative estimate of drug-likeness (QED) is 0.401. The molecule has 0 bridgehead atoms. The SMILES string of the molecule is COc1cc(C(=O)Nc2ccc3c(c2)CCN3C(=O)Cc2ccccn2)c(-c2ccccc2)cc1C. The number of hydrogen-bond donors (Lipinski definition) is 1. The summed E-state index contributed by atoms with van der Waals surface area (Å²) < 4.78 is 5.49. The van der Waals surface area contributed by atoms with Crippen LogP contribution in [0.3, 0.4) is 0 Å². The molecule has 6 nitrogen and oxygen atoms in total. The standard InChI is InChI=1S/C30H27N3O3/c1-20-16-25(21-8-4-3-5-9-21)26(19-28(20)36-2)30(35)32-24-11-12-27-22(17-24)13-15-33(27)29(34)18-23-10-6-7-14-31-23/h3-12,14,16-17,19H,13,15,18H2,1-2H3,(H,32,35). The fraction of sp³-hybridized carbons (Fsp3) is 0.167. The number of hydrogen-bond acceptors (Lipinski definition) is 4. The summed E-state index contributed by atoms with van der Waals surface area (Å²) in [5.74, 6) is 0.465. The van der Waals surface area contributed by atoms with Crippen LogP contribution in [0.1, 0.15) is 27.2 Å². The Bertz CT molecular complexity index is 1420. The number of carbonyl (C=O) groups excluding carboxylic acids is 2. The van der Waals surface area contributed by atoms with E-state index in [1.54, 1.807) is 24.3 Å². The van der Waals surface area contributed by atoms with Crippen molar-refractivity contribution in [2.75, 3.05) is 23.9 Å². The van der Waals surface area contributed by atoms with Gasteiger partial charge in [0.25, 0.3) is 5.91 Å². The third kappa shape index (κ3) is 4.70. The van der Waals surface area contributed by atoms with E-state index in [1.165, 1.54) is 0 Å². The first kappa shape index (κ1) is 23.3. The van der Waals surface area contributed by atoms with Gasteiger partial charge in [-0.1, -0.05) is 36.4 Å². The van der Waals surface area contributed by atoms with Gasteiger partial charge in [-0.3, -0.25) is 14.6 Å². The van der Waals surface area contributed by atoms with E-state index in [-0.39, 0.29) is 18.2 Å². The number of ether oxygens (including phenoxy) is 1. The molecule has 0 fully saturated rings. The summed E-state index contributed by atoms with van der Waals surface area (Å²) in [6, 6.07) is 24.9. The summed E-state index contributed by atoms with van der Waals surface area (Å²) in [7, 11) is 1.60. The molecule has 5 rings (SSSR count). The Morgan fingerprint density at radius 3 is 2.56 bits per heavy atom. The van der Waals surface area contributed by atoms with Crippen molar-refractivity contribution < 1.29 is 14.3 Å². The Balaban J connectivity index is 1.38. The Morgan fingerprint density at radius 2 is 1.81 bits per heavy atom. The maximum atomic E-state index is 13.4. The zero-order chi connectivity index (χ0) is 25.1. The smallest absolute Gasteiger partial charge is 0.256 e. The lowest BCUT2D eigenvalue weighted by atomic mass is 9.96. The molecule has 180 valence electrons. The molecule has 0 spiro atoms. The zero-order valence-electron chi connectivity index (χ0n) is 20.3. The summed E-state index contributed by atoms with van der Waals surface area (Å²) in [6.07, 6.45) is 2.69. The maximum Gasteiger partial charge on any atom is 0.256 e. The van der Waals surface area contributed by atoms with Crippen LogP contribution in [-0.2, 0) is 17.6 Å². The van der Waals surface area contributed by atoms with E-state index in [1.807, 2.05) is 79.7 Å². The highest BCUT2D eigenvalue weighted by Crippen LogP contribution is 2.33. The van der Waals surface area contributed by atoms with E-state index in [0.29, 0.717) is 23.5 Å². The number of nitrogens with zero attached hydrogens (tertiary/aromatic N) is 2.